The molecule has 0 saturated heterocycles. The molecule has 2 rings (SSSR count). The summed E-state index contributed by atoms with van der Waals surface area (Å²) in [5, 5.41) is 8.47. The molecule has 0 saturated carbocycles. The van der Waals surface area contributed by atoms with E-state index < -0.39 is 6.09 Å². The Hall–Kier alpha value is -2.01. The molecule has 0 bridgehead atoms. The van der Waals surface area contributed by atoms with E-state index >= 15 is 0 Å². The molecule has 0 aliphatic heterocycles. The van der Waals surface area contributed by atoms with Gasteiger partial charge in [-0.3, -0.25) is 0 Å². The first-order chi connectivity index (χ1) is 6.20. The highest BCUT2D eigenvalue weighted by Gasteiger charge is 1.86. The van der Waals surface area contributed by atoms with E-state index in [4.69, 9.17) is 9.90 Å². The highest BCUT2D eigenvalue weighted by molar-refractivity contribution is 5.78. The van der Waals surface area contributed by atoms with Crippen LogP contribution in [0, 0.1) is 0 Å². The van der Waals surface area contributed by atoms with E-state index in [-0.39, 0.29) is 6.15 Å². The first-order valence-electron chi connectivity index (χ1n) is 3.70. The predicted molar refractivity (Wildman–Crippen MR) is 55.5 cm³/mol. The summed E-state index contributed by atoms with van der Waals surface area (Å²) in [5.74, 6) is 0. The third-order valence-electron chi connectivity index (χ3n) is 1.46. The fourth-order valence-corrected chi connectivity index (χ4v) is 0.995. The van der Waals surface area contributed by atoms with Crippen molar-refractivity contribution in [1.29, 1.82) is 0 Å². The molecule has 5 nitrogen and oxygen atoms in total. The number of primary amides is 1. The Bertz CT molecular complexity index is 363. The van der Waals surface area contributed by atoms with E-state index in [1.165, 1.54) is 10.9 Å². The van der Waals surface area contributed by atoms with Gasteiger partial charge in [-0.15, -0.1) is 0 Å². The van der Waals surface area contributed by atoms with Gasteiger partial charge in [0.2, 0.25) is 0 Å². The monoisotopic (exact) mass is 195 g/mol. The van der Waals surface area contributed by atoms with Gasteiger partial charge >= 0.3 is 6.09 Å². The molecule has 1 amide bonds. The van der Waals surface area contributed by atoms with Crippen LogP contribution >= 0.6 is 0 Å². The second kappa shape index (κ2) is 5.60. The van der Waals surface area contributed by atoms with Gasteiger partial charge in [0.1, 0.15) is 0 Å². The summed E-state index contributed by atoms with van der Waals surface area (Å²) < 4.78 is 0. The number of aromatic amines is 1. The lowest BCUT2D eigenvalue weighted by Gasteiger charge is -1.83. The zero-order chi connectivity index (χ0) is 9.68. The van der Waals surface area contributed by atoms with Crippen LogP contribution in [-0.4, -0.2) is 16.2 Å². The minimum atomic E-state index is -1.33. The molecular weight excluding hydrogens is 182 g/mol. The SMILES string of the molecule is N.NC(=O)O.c1ccc2[nH]ccc2c1. The Morgan fingerprint density at radius 2 is 1.86 bits per heavy atom. The van der Waals surface area contributed by atoms with Crippen LogP contribution in [-0.2, 0) is 0 Å². The fourth-order valence-electron chi connectivity index (χ4n) is 0.995. The maximum Gasteiger partial charge on any atom is 0.402 e. The normalized spacial score (nSPS) is 8.29. The van der Waals surface area contributed by atoms with Gasteiger partial charge < -0.3 is 22.0 Å². The fraction of sp³-hybridized carbons (Fsp3) is 0. The number of benzene rings is 1. The number of nitrogens with two attached hydrogens (primary N) is 1. The van der Waals surface area contributed by atoms with Crippen LogP contribution in [0.25, 0.3) is 10.9 Å². The number of carbonyl (C=O) groups is 1. The molecule has 14 heavy (non-hydrogen) atoms. The number of nitrogens with one attached hydrogen (secondary N) is 1. The molecule has 76 valence electrons. The maximum absolute atomic E-state index is 8.78. The molecule has 0 fully saturated rings. The van der Waals surface area contributed by atoms with Crippen molar-refractivity contribution in [2.45, 2.75) is 0 Å². The summed E-state index contributed by atoms with van der Waals surface area (Å²) in [4.78, 5) is 11.9. The Kier molecular flexibility index (Phi) is 4.80. The lowest BCUT2D eigenvalue weighted by Crippen LogP contribution is -2.03. The van der Waals surface area contributed by atoms with Crippen molar-refractivity contribution in [2.75, 3.05) is 0 Å². The Balaban J connectivity index is 0.000000299. The van der Waals surface area contributed by atoms with Crippen molar-refractivity contribution in [1.82, 2.24) is 11.1 Å². The van der Waals surface area contributed by atoms with Crippen LogP contribution in [0.15, 0.2) is 36.5 Å². The van der Waals surface area contributed by atoms with Crippen LogP contribution < -0.4 is 11.9 Å². The second-order valence-corrected chi connectivity index (χ2v) is 2.40. The molecule has 0 aliphatic carbocycles. The number of rotatable bonds is 0. The average Bonchev–Trinajstić information content (AvgIpc) is 2.49. The van der Waals surface area contributed by atoms with Crippen LogP contribution in [0.4, 0.5) is 4.79 Å². The van der Waals surface area contributed by atoms with Gasteiger partial charge in [0.25, 0.3) is 0 Å². The van der Waals surface area contributed by atoms with Crippen LogP contribution in [0.1, 0.15) is 0 Å². The van der Waals surface area contributed by atoms with Crippen molar-refractivity contribution in [2.24, 2.45) is 5.73 Å². The summed E-state index contributed by atoms with van der Waals surface area (Å²) >= 11 is 0. The number of H-pyrrole nitrogens is 1. The van der Waals surface area contributed by atoms with Crippen molar-refractivity contribution in [3.8, 4) is 0 Å². The second-order valence-electron chi connectivity index (χ2n) is 2.40. The molecule has 2 aromatic rings. The highest BCUT2D eigenvalue weighted by Crippen LogP contribution is 2.09. The van der Waals surface area contributed by atoms with Crippen molar-refractivity contribution < 1.29 is 9.90 Å². The van der Waals surface area contributed by atoms with Gasteiger partial charge in [0, 0.05) is 11.7 Å². The van der Waals surface area contributed by atoms with Gasteiger partial charge in [0.15, 0.2) is 0 Å². The number of amides is 1. The zero-order valence-corrected chi connectivity index (χ0v) is 7.60. The molecular formula is C9H13N3O2. The Labute approximate surface area is 81.1 Å². The molecule has 7 N–H and O–H groups in total. The van der Waals surface area contributed by atoms with Gasteiger partial charge in [-0.25, -0.2) is 4.79 Å². The third kappa shape index (κ3) is 3.59. The molecule has 0 radical (unpaired) electrons. The largest absolute Gasteiger partial charge is 0.465 e. The lowest BCUT2D eigenvalue weighted by atomic mass is 10.3. The Morgan fingerprint density at radius 3 is 2.43 bits per heavy atom. The van der Waals surface area contributed by atoms with Crippen LogP contribution in [0.5, 0.6) is 0 Å². The molecule has 0 unspecified atom stereocenters. The standard InChI is InChI=1S/C8H7N.CH3NO2.H3N/c1-2-4-8-7(3-1)5-6-9-8;2-1(3)4;/h1-6,9H;2H2,(H,3,4);1H3. The number of fused-ring (bicyclic) bond motifs is 1. The molecule has 0 atom stereocenters. The number of para-hydroxylation sites is 1. The van der Waals surface area contributed by atoms with Gasteiger partial charge in [-0.2, -0.15) is 0 Å². The summed E-state index contributed by atoms with van der Waals surface area (Å²) in [5.41, 5.74) is 5.23. The maximum atomic E-state index is 8.78. The summed E-state index contributed by atoms with van der Waals surface area (Å²) in [6.45, 7) is 0. The van der Waals surface area contributed by atoms with E-state index in [1.807, 2.05) is 18.3 Å². The van der Waals surface area contributed by atoms with Crippen molar-refractivity contribution in [3.05, 3.63) is 36.5 Å². The van der Waals surface area contributed by atoms with Gasteiger partial charge in [0.05, 0.1) is 0 Å². The number of hydrogen-bond donors (Lipinski definition) is 4. The summed E-state index contributed by atoms with van der Waals surface area (Å²) in [6, 6.07) is 10.3. The zero-order valence-electron chi connectivity index (χ0n) is 7.60. The molecule has 1 heterocycles. The smallest absolute Gasteiger partial charge is 0.402 e. The van der Waals surface area contributed by atoms with Crippen LogP contribution in [0.2, 0.25) is 0 Å². The molecule has 0 spiro atoms. The predicted octanol–water partition coefficient (Wildman–Crippen LogP) is 1.95. The Morgan fingerprint density at radius 1 is 1.29 bits per heavy atom. The van der Waals surface area contributed by atoms with Crippen molar-refractivity contribution >= 4 is 17.0 Å². The van der Waals surface area contributed by atoms with Crippen molar-refractivity contribution in [3.63, 3.8) is 0 Å². The van der Waals surface area contributed by atoms with Gasteiger partial charge in [-0.1, -0.05) is 18.2 Å². The van der Waals surface area contributed by atoms with E-state index in [0.29, 0.717) is 0 Å². The summed E-state index contributed by atoms with van der Waals surface area (Å²) in [6.07, 6.45) is 0.616. The third-order valence-corrected chi connectivity index (χ3v) is 1.46. The van der Waals surface area contributed by atoms with Crippen LogP contribution in [0.3, 0.4) is 0 Å². The lowest BCUT2D eigenvalue weighted by molar-refractivity contribution is 0.205. The first-order valence-corrected chi connectivity index (χ1v) is 3.70. The minimum Gasteiger partial charge on any atom is -0.465 e. The quantitative estimate of drug-likeness (QED) is 0.515. The topological polar surface area (TPSA) is 114 Å². The van der Waals surface area contributed by atoms with E-state index in [2.05, 4.69) is 28.9 Å². The molecule has 0 aliphatic rings. The molecule has 1 aromatic carbocycles. The number of hydrogen-bond acceptors (Lipinski definition) is 2. The van der Waals surface area contributed by atoms with Gasteiger partial charge in [-0.05, 0) is 17.5 Å². The van der Waals surface area contributed by atoms with E-state index in [9.17, 15) is 0 Å². The average molecular weight is 195 g/mol. The molecule has 5 heteroatoms. The summed E-state index contributed by atoms with van der Waals surface area (Å²) in [7, 11) is 0. The highest BCUT2D eigenvalue weighted by atomic mass is 16.4. The molecule has 1 aromatic heterocycles. The number of aromatic nitrogens is 1. The van der Waals surface area contributed by atoms with E-state index in [1.54, 1.807) is 0 Å². The van der Waals surface area contributed by atoms with E-state index in [0.717, 1.165) is 0 Å². The minimum absolute atomic E-state index is 0. The number of carboxylic acid groups (broad SMARTS) is 1. The first kappa shape index (κ1) is 12.0.